The molecular weight excluding hydrogens is 316 g/mol. The zero-order valence-corrected chi connectivity index (χ0v) is 10.5. The summed E-state index contributed by atoms with van der Waals surface area (Å²) in [4.78, 5) is 3.52. The molecule has 0 amide bonds. The lowest BCUT2D eigenvalue weighted by Gasteiger charge is -2.07. The van der Waals surface area contributed by atoms with Gasteiger partial charge in [0.1, 0.15) is 0 Å². The van der Waals surface area contributed by atoms with Crippen LogP contribution < -0.4 is 0 Å². The maximum absolute atomic E-state index is 12.5. The van der Waals surface area contributed by atoms with E-state index in [0.29, 0.717) is 4.47 Å². The smallest absolute Gasteiger partial charge is 0.239 e. The Hall–Kier alpha value is -0.270. The molecule has 0 aromatic carbocycles. The van der Waals surface area contributed by atoms with E-state index >= 15 is 0 Å². The Morgan fingerprint density at radius 1 is 1.53 bits per heavy atom. The Bertz CT molecular complexity index is 492. The van der Waals surface area contributed by atoms with Gasteiger partial charge in [0.15, 0.2) is 5.03 Å². The van der Waals surface area contributed by atoms with Crippen molar-refractivity contribution in [2.24, 2.45) is 0 Å². The van der Waals surface area contributed by atoms with E-state index in [1.165, 1.54) is 6.92 Å². The molecule has 1 rings (SSSR count). The first-order valence-electron chi connectivity index (χ1n) is 3.63. The first-order chi connectivity index (χ1) is 6.73. The average Bonchev–Trinajstić information content (AvgIpc) is 2.06. The van der Waals surface area contributed by atoms with Gasteiger partial charge in [0.05, 0.1) is 11.3 Å². The van der Waals surface area contributed by atoms with Crippen molar-refractivity contribution in [2.75, 3.05) is 0 Å². The van der Waals surface area contributed by atoms with Crippen molar-refractivity contribution >= 4 is 35.7 Å². The number of aryl methyl sites for hydroxylation is 1. The molecule has 0 saturated heterocycles. The summed E-state index contributed by atoms with van der Waals surface area (Å²) in [6, 6.07) is 1.00. The maximum atomic E-state index is 12.5. The lowest BCUT2D eigenvalue weighted by atomic mass is 10.2. The zero-order valence-electron chi connectivity index (χ0n) is 7.34. The van der Waals surface area contributed by atoms with E-state index in [2.05, 4.69) is 20.9 Å². The normalized spacial score (nSPS) is 12.1. The first kappa shape index (κ1) is 12.8. The largest absolute Gasteiger partial charge is 0.279 e. The summed E-state index contributed by atoms with van der Waals surface area (Å²) in [5, 5.41) is -0.792. The van der Waals surface area contributed by atoms with Gasteiger partial charge in [0.25, 0.3) is 15.5 Å². The SMILES string of the molecule is Cc1nc(S(=O)(=O)Cl)c(C(F)F)cc1Br. The number of halogens is 4. The van der Waals surface area contributed by atoms with Crippen LogP contribution in [0.3, 0.4) is 0 Å². The highest BCUT2D eigenvalue weighted by molar-refractivity contribution is 9.10. The summed E-state index contributed by atoms with van der Waals surface area (Å²) in [6.07, 6.45) is -2.95. The van der Waals surface area contributed by atoms with Crippen LogP contribution in [0.1, 0.15) is 17.7 Å². The fourth-order valence-corrected chi connectivity index (χ4v) is 2.31. The number of hydrogen-bond donors (Lipinski definition) is 0. The quantitative estimate of drug-likeness (QED) is 0.787. The molecule has 84 valence electrons. The van der Waals surface area contributed by atoms with Gasteiger partial charge in [0, 0.05) is 15.2 Å². The predicted molar refractivity (Wildman–Crippen MR) is 54.7 cm³/mol. The van der Waals surface area contributed by atoms with Gasteiger partial charge in [-0.05, 0) is 28.9 Å². The molecule has 8 heteroatoms. The van der Waals surface area contributed by atoms with Gasteiger partial charge in [-0.1, -0.05) is 0 Å². The highest BCUT2D eigenvalue weighted by atomic mass is 79.9. The van der Waals surface area contributed by atoms with Crippen LogP contribution in [0.5, 0.6) is 0 Å². The van der Waals surface area contributed by atoms with Gasteiger partial charge in [-0.3, -0.25) is 0 Å². The fourth-order valence-electron chi connectivity index (χ4n) is 0.925. The molecule has 0 N–H and O–H groups in total. The third kappa shape index (κ3) is 2.85. The summed E-state index contributed by atoms with van der Waals surface area (Å²) in [5.74, 6) is 0. The van der Waals surface area contributed by atoms with Crippen molar-refractivity contribution in [2.45, 2.75) is 18.4 Å². The Kier molecular flexibility index (Phi) is 3.67. The molecule has 0 bridgehead atoms. The van der Waals surface area contributed by atoms with E-state index in [1.807, 2.05) is 0 Å². The van der Waals surface area contributed by atoms with Crippen LogP contribution in [-0.2, 0) is 9.05 Å². The van der Waals surface area contributed by atoms with Crippen LogP contribution in [-0.4, -0.2) is 13.4 Å². The van der Waals surface area contributed by atoms with E-state index in [-0.39, 0.29) is 5.69 Å². The van der Waals surface area contributed by atoms with Gasteiger partial charge in [-0.15, -0.1) is 0 Å². The summed E-state index contributed by atoms with van der Waals surface area (Å²) in [5.41, 5.74) is -0.430. The number of nitrogens with zero attached hydrogens (tertiary/aromatic N) is 1. The lowest BCUT2D eigenvalue weighted by molar-refractivity contribution is 0.147. The molecule has 1 aromatic rings. The van der Waals surface area contributed by atoms with E-state index < -0.39 is 26.1 Å². The van der Waals surface area contributed by atoms with Gasteiger partial charge in [0.2, 0.25) is 0 Å². The van der Waals surface area contributed by atoms with Gasteiger partial charge in [-0.25, -0.2) is 22.2 Å². The molecule has 3 nitrogen and oxygen atoms in total. The molecule has 0 radical (unpaired) electrons. The Morgan fingerprint density at radius 2 is 2.07 bits per heavy atom. The Labute approximate surface area is 98.0 Å². The minimum absolute atomic E-state index is 0.277. The number of aromatic nitrogens is 1. The summed E-state index contributed by atoms with van der Waals surface area (Å²) < 4.78 is 47.2. The molecule has 0 fully saturated rings. The maximum Gasteiger partial charge on any atom is 0.279 e. The minimum atomic E-state index is -4.26. The first-order valence-corrected chi connectivity index (χ1v) is 6.73. The predicted octanol–water partition coefficient (Wildman–Crippen LogP) is 3.02. The van der Waals surface area contributed by atoms with Crippen LogP contribution in [0.4, 0.5) is 8.78 Å². The zero-order chi connectivity index (χ0) is 11.8. The van der Waals surface area contributed by atoms with E-state index in [4.69, 9.17) is 10.7 Å². The molecule has 0 unspecified atom stereocenters. The molecular formula is C7H5BrClF2NO2S. The number of alkyl halides is 2. The molecule has 0 aliphatic carbocycles. The molecule has 0 spiro atoms. The van der Waals surface area contributed by atoms with Crippen LogP contribution >= 0.6 is 26.6 Å². The van der Waals surface area contributed by atoms with E-state index in [1.54, 1.807) is 0 Å². The number of hydrogen-bond acceptors (Lipinski definition) is 3. The molecule has 1 aromatic heterocycles. The van der Waals surface area contributed by atoms with Gasteiger partial charge < -0.3 is 0 Å². The van der Waals surface area contributed by atoms with Crippen LogP contribution in [0.15, 0.2) is 15.6 Å². The molecule has 0 aliphatic heterocycles. The second-order valence-corrected chi connectivity index (χ2v) is 6.02. The second-order valence-electron chi connectivity index (χ2n) is 2.69. The van der Waals surface area contributed by atoms with E-state index in [9.17, 15) is 17.2 Å². The van der Waals surface area contributed by atoms with Crippen LogP contribution in [0.25, 0.3) is 0 Å². The summed E-state index contributed by atoms with van der Waals surface area (Å²) in [6.45, 7) is 1.48. The number of pyridine rings is 1. The molecule has 0 atom stereocenters. The fraction of sp³-hybridized carbons (Fsp3) is 0.286. The topological polar surface area (TPSA) is 47.0 Å². The van der Waals surface area contributed by atoms with E-state index in [0.717, 1.165) is 6.07 Å². The summed E-state index contributed by atoms with van der Waals surface area (Å²) in [7, 11) is 0.736. The lowest BCUT2D eigenvalue weighted by Crippen LogP contribution is -2.04. The second kappa shape index (κ2) is 4.31. The third-order valence-electron chi connectivity index (χ3n) is 1.61. The Balaban J connectivity index is 3.56. The van der Waals surface area contributed by atoms with Gasteiger partial charge in [-0.2, -0.15) is 0 Å². The Morgan fingerprint density at radius 3 is 2.47 bits per heavy atom. The van der Waals surface area contributed by atoms with Crippen molar-refractivity contribution in [1.82, 2.24) is 4.98 Å². The van der Waals surface area contributed by atoms with Crippen molar-refractivity contribution in [3.05, 3.63) is 21.8 Å². The highest BCUT2D eigenvalue weighted by Gasteiger charge is 2.24. The highest BCUT2D eigenvalue weighted by Crippen LogP contribution is 2.30. The monoisotopic (exact) mass is 319 g/mol. The number of rotatable bonds is 2. The van der Waals surface area contributed by atoms with Gasteiger partial charge >= 0.3 is 0 Å². The third-order valence-corrected chi connectivity index (χ3v) is 3.64. The summed E-state index contributed by atoms with van der Waals surface area (Å²) >= 11 is 2.98. The molecule has 0 aliphatic rings. The molecule has 1 heterocycles. The average molecular weight is 321 g/mol. The van der Waals surface area contributed by atoms with Crippen molar-refractivity contribution in [3.8, 4) is 0 Å². The van der Waals surface area contributed by atoms with Crippen LogP contribution in [0, 0.1) is 6.92 Å². The van der Waals surface area contributed by atoms with Crippen molar-refractivity contribution in [1.29, 1.82) is 0 Å². The molecule has 15 heavy (non-hydrogen) atoms. The molecule has 0 saturated carbocycles. The standard InChI is InChI=1S/C7H5BrClF2NO2S/c1-3-5(8)2-4(6(10)11)7(12-3)15(9,13)14/h2,6H,1H3. The minimum Gasteiger partial charge on any atom is -0.239 e. The van der Waals surface area contributed by atoms with Crippen molar-refractivity contribution in [3.63, 3.8) is 0 Å². The van der Waals surface area contributed by atoms with Crippen LogP contribution in [0.2, 0.25) is 0 Å². The van der Waals surface area contributed by atoms with Crippen molar-refractivity contribution < 1.29 is 17.2 Å².